The number of phenols is 1. The highest BCUT2D eigenvalue weighted by Gasteiger charge is 2.22. The van der Waals surface area contributed by atoms with Gasteiger partial charge in [-0.1, -0.05) is 6.07 Å². The van der Waals surface area contributed by atoms with Gasteiger partial charge in [-0.2, -0.15) is 5.26 Å². The van der Waals surface area contributed by atoms with E-state index in [9.17, 15) is 13.5 Å². The SMILES string of the molecule is N#Cc1c(O)ccc(CN)c1S(=O)(=O)Cl. The standard InChI is InChI=1S/C8H7ClN2O3S/c9-15(13,14)8-5(3-10)1-2-7(12)6(8)4-11/h1-2,12H,3,10H2. The zero-order valence-electron chi connectivity index (χ0n) is 7.44. The van der Waals surface area contributed by atoms with Crippen molar-refractivity contribution in [2.75, 3.05) is 0 Å². The van der Waals surface area contributed by atoms with Gasteiger partial charge in [0.15, 0.2) is 0 Å². The summed E-state index contributed by atoms with van der Waals surface area (Å²) in [4.78, 5) is -0.422. The number of hydrogen-bond acceptors (Lipinski definition) is 5. The van der Waals surface area contributed by atoms with Crippen molar-refractivity contribution in [3.05, 3.63) is 23.3 Å². The summed E-state index contributed by atoms with van der Waals surface area (Å²) in [5, 5.41) is 18.0. The molecule has 1 rings (SSSR count). The molecular weight excluding hydrogens is 240 g/mol. The molecule has 7 heteroatoms. The van der Waals surface area contributed by atoms with Gasteiger partial charge in [-0.25, -0.2) is 8.42 Å². The second kappa shape index (κ2) is 4.06. The number of phenolic OH excluding ortho intramolecular Hbond substituents is 1. The molecule has 1 aromatic carbocycles. The van der Waals surface area contributed by atoms with Crippen LogP contribution >= 0.6 is 10.7 Å². The average molecular weight is 247 g/mol. The van der Waals surface area contributed by atoms with Gasteiger partial charge in [0.25, 0.3) is 9.05 Å². The molecule has 0 spiro atoms. The van der Waals surface area contributed by atoms with E-state index < -0.39 is 19.7 Å². The van der Waals surface area contributed by atoms with Crippen molar-refractivity contribution in [3.63, 3.8) is 0 Å². The van der Waals surface area contributed by atoms with E-state index in [1.807, 2.05) is 0 Å². The average Bonchev–Trinajstić information content (AvgIpc) is 2.15. The Morgan fingerprint density at radius 3 is 2.53 bits per heavy atom. The van der Waals surface area contributed by atoms with E-state index in [0.29, 0.717) is 0 Å². The molecule has 80 valence electrons. The molecule has 0 amide bonds. The Labute approximate surface area is 91.1 Å². The van der Waals surface area contributed by atoms with E-state index in [2.05, 4.69) is 0 Å². The molecule has 0 unspecified atom stereocenters. The Bertz CT molecular complexity index is 534. The minimum Gasteiger partial charge on any atom is -0.507 e. The van der Waals surface area contributed by atoms with Gasteiger partial charge in [0.2, 0.25) is 0 Å². The predicted octanol–water partition coefficient (Wildman–Crippen LogP) is 0.650. The molecule has 0 saturated heterocycles. The summed E-state index contributed by atoms with van der Waals surface area (Å²) >= 11 is 0. The summed E-state index contributed by atoms with van der Waals surface area (Å²) in [6.45, 7) is -0.0871. The molecular formula is C8H7ClN2O3S. The topological polar surface area (TPSA) is 104 Å². The normalized spacial score (nSPS) is 11.0. The molecule has 15 heavy (non-hydrogen) atoms. The van der Waals surface area contributed by atoms with Gasteiger partial charge in [-0.3, -0.25) is 0 Å². The van der Waals surface area contributed by atoms with Crippen LogP contribution in [0.5, 0.6) is 5.75 Å². The summed E-state index contributed by atoms with van der Waals surface area (Å²) in [6.07, 6.45) is 0. The number of aromatic hydroxyl groups is 1. The predicted molar refractivity (Wildman–Crippen MR) is 53.8 cm³/mol. The molecule has 0 atom stereocenters. The monoisotopic (exact) mass is 246 g/mol. The van der Waals surface area contributed by atoms with Crippen molar-refractivity contribution in [2.45, 2.75) is 11.4 Å². The third-order valence-electron chi connectivity index (χ3n) is 1.79. The smallest absolute Gasteiger partial charge is 0.263 e. The first kappa shape index (κ1) is 11.8. The van der Waals surface area contributed by atoms with Crippen LogP contribution in [-0.2, 0) is 15.6 Å². The highest BCUT2D eigenvalue weighted by Crippen LogP contribution is 2.30. The van der Waals surface area contributed by atoms with Crippen molar-refractivity contribution in [1.82, 2.24) is 0 Å². The molecule has 0 radical (unpaired) electrons. The molecule has 0 heterocycles. The summed E-state index contributed by atoms with van der Waals surface area (Å²) in [6, 6.07) is 4.09. The molecule has 0 bridgehead atoms. The molecule has 0 aromatic heterocycles. The zero-order chi connectivity index (χ0) is 11.6. The fourth-order valence-corrected chi connectivity index (χ4v) is 2.55. The van der Waals surface area contributed by atoms with Gasteiger partial charge in [0.05, 0.1) is 0 Å². The number of benzene rings is 1. The van der Waals surface area contributed by atoms with Gasteiger partial charge in [0, 0.05) is 17.2 Å². The second-order valence-corrected chi connectivity index (χ2v) is 5.20. The van der Waals surface area contributed by atoms with Crippen LogP contribution < -0.4 is 5.73 Å². The summed E-state index contributed by atoms with van der Waals surface area (Å²) in [5.41, 5.74) is 5.12. The summed E-state index contributed by atoms with van der Waals surface area (Å²) in [7, 11) is 1.05. The zero-order valence-corrected chi connectivity index (χ0v) is 9.01. The third kappa shape index (κ3) is 2.21. The maximum absolute atomic E-state index is 11.2. The van der Waals surface area contributed by atoms with Gasteiger partial charge in [0.1, 0.15) is 22.3 Å². The number of hydrogen-bond donors (Lipinski definition) is 2. The fourth-order valence-electron chi connectivity index (χ4n) is 1.16. The summed E-state index contributed by atoms with van der Waals surface area (Å²) < 4.78 is 22.4. The first-order valence-electron chi connectivity index (χ1n) is 3.81. The lowest BCUT2D eigenvalue weighted by Gasteiger charge is -2.07. The Morgan fingerprint density at radius 1 is 1.53 bits per heavy atom. The van der Waals surface area contributed by atoms with Gasteiger partial charge in [-0.05, 0) is 11.6 Å². The lowest BCUT2D eigenvalue weighted by molar-refractivity contribution is 0.470. The van der Waals surface area contributed by atoms with Crippen molar-refractivity contribution in [3.8, 4) is 11.8 Å². The summed E-state index contributed by atoms with van der Waals surface area (Å²) in [5.74, 6) is -0.436. The Balaban J connectivity index is 3.73. The van der Waals surface area contributed by atoms with E-state index in [-0.39, 0.29) is 17.7 Å². The quantitative estimate of drug-likeness (QED) is 0.746. The number of nitrogens with two attached hydrogens (primary N) is 1. The van der Waals surface area contributed by atoms with Gasteiger partial charge < -0.3 is 10.8 Å². The fraction of sp³-hybridized carbons (Fsp3) is 0.125. The van der Waals surface area contributed by atoms with Crippen LogP contribution in [0.25, 0.3) is 0 Å². The molecule has 0 fully saturated rings. The largest absolute Gasteiger partial charge is 0.507 e. The Morgan fingerprint density at radius 2 is 2.13 bits per heavy atom. The minimum atomic E-state index is -4.10. The second-order valence-electron chi connectivity index (χ2n) is 2.70. The Hall–Kier alpha value is -1.29. The molecule has 0 aliphatic carbocycles. The number of halogens is 1. The molecule has 1 aromatic rings. The van der Waals surface area contributed by atoms with E-state index in [4.69, 9.17) is 21.7 Å². The first-order valence-corrected chi connectivity index (χ1v) is 6.12. The highest BCUT2D eigenvalue weighted by molar-refractivity contribution is 8.13. The maximum atomic E-state index is 11.2. The number of nitrogens with zero attached hydrogens (tertiary/aromatic N) is 1. The van der Waals surface area contributed by atoms with E-state index in [1.54, 1.807) is 6.07 Å². The van der Waals surface area contributed by atoms with Crippen LogP contribution in [0, 0.1) is 11.3 Å². The lowest BCUT2D eigenvalue weighted by Crippen LogP contribution is -2.06. The van der Waals surface area contributed by atoms with Gasteiger partial charge >= 0.3 is 0 Å². The number of rotatable bonds is 2. The maximum Gasteiger partial charge on any atom is 0.263 e. The molecule has 0 aliphatic rings. The van der Waals surface area contributed by atoms with Crippen LogP contribution in [0.1, 0.15) is 11.1 Å². The van der Waals surface area contributed by atoms with Crippen molar-refractivity contribution in [2.24, 2.45) is 5.73 Å². The van der Waals surface area contributed by atoms with Crippen LogP contribution in [0.2, 0.25) is 0 Å². The van der Waals surface area contributed by atoms with E-state index >= 15 is 0 Å². The number of nitriles is 1. The van der Waals surface area contributed by atoms with Crippen LogP contribution in [0.4, 0.5) is 0 Å². The van der Waals surface area contributed by atoms with Crippen molar-refractivity contribution < 1.29 is 13.5 Å². The molecule has 0 saturated carbocycles. The lowest BCUT2D eigenvalue weighted by atomic mass is 10.1. The van der Waals surface area contributed by atoms with Crippen LogP contribution in [-0.4, -0.2) is 13.5 Å². The van der Waals surface area contributed by atoms with Crippen molar-refractivity contribution >= 4 is 19.7 Å². The first-order chi connectivity index (χ1) is 6.91. The molecule has 0 aliphatic heterocycles. The van der Waals surface area contributed by atoms with Crippen LogP contribution in [0.15, 0.2) is 17.0 Å². The van der Waals surface area contributed by atoms with Gasteiger partial charge in [-0.15, -0.1) is 0 Å². The Kier molecular flexibility index (Phi) is 3.19. The minimum absolute atomic E-state index is 0.0871. The van der Waals surface area contributed by atoms with Crippen LogP contribution in [0.3, 0.4) is 0 Å². The molecule has 3 N–H and O–H groups in total. The van der Waals surface area contributed by atoms with E-state index in [1.165, 1.54) is 12.1 Å². The molecule has 5 nitrogen and oxygen atoms in total. The third-order valence-corrected chi connectivity index (χ3v) is 3.21. The van der Waals surface area contributed by atoms with E-state index in [0.717, 1.165) is 0 Å². The van der Waals surface area contributed by atoms with Crippen molar-refractivity contribution in [1.29, 1.82) is 5.26 Å². The highest BCUT2D eigenvalue weighted by atomic mass is 35.7.